The second-order valence-corrected chi connectivity index (χ2v) is 6.03. The molecule has 0 atom stereocenters. The molecule has 1 rings (SSSR count). The lowest BCUT2D eigenvalue weighted by atomic mass is 10.3. The second-order valence-electron chi connectivity index (χ2n) is 3.09. The van der Waals surface area contributed by atoms with Crippen LogP contribution in [0.4, 0.5) is 5.69 Å². The Bertz CT molecular complexity index is 486. The van der Waals surface area contributed by atoms with Crippen molar-refractivity contribution in [2.24, 2.45) is 0 Å². The largest absolute Gasteiger partial charge is 0.397 e. The van der Waals surface area contributed by atoms with Gasteiger partial charge in [-0.25, -0.2) is 12.7 Å². The van der Waals surface area contributed by atoms with Gasteiger partial charge < -0.3 is 5.73 Å². The first-order valence-electron chi connectivity index (χ1n) is 3.94. The van der Waals surface area contributed by atoms with Crippen molar-refractivity contribution in [3.8, 4) is 0 Å². The number of nitrogens with zero attached hydrogens (tertiary/aromatic N) is 1. The number of sulfonamides is 1. The number of anilines is 1. The lowest BCUT2D eigenvalue weighted by molar-refractivity contribution is 0.521. The summed E-state index contributed by atoms with van der Waals surface area (Å²) in [6, 6.07) is 2.56. The number of rotatable bonds is 2. The Hall–Kier alpha value is -0.490. The van der Waals surface area contributed by atoms with Gasteiger partial charge in [-0.1, -0.05) is 23.2 Å². The third-order valence-electron chi connectivity index (χ3n) is 1.81. The van der Waals surface area contributed by atoms with Crippen molar-refractivity contribution in [1.29, 1.82) is 0 Å². The van der Waals surface area contributed by atoms with Gasteiger partial charge in [-0.05, 0) is 12.1 Å². The molecule has 0 fully saturated rings. The highest BCUT2D eigenvalue weighted by Gasteiger charge is 2.21. The van der Waals surface area contributed by atoms with E-state index in [0.717, 1.165) is 4.31 Å². The van der Waals surface area contributed by atoms with Crippen molar-refractivity contribution < 1.29 is 8.42 Å². The number of hydrogen-bond donors (Lipinski definition) is 1. The van der Waals surface area contributed by atoms with E-state index in [1.807, 2.05) is 0 Å². The minimum absolute atomic E-state index is 0.0478. The summed E-state index contributed by atoms with van der Waals surface area (Å²) in [5, 5.41) is 0.227. The highest BCUT2D eigenvalue weighted by atomic mass is 35.5. The van der Waals surface area contributed by atoms with Crippen LogP contribution in [-0.4, -0.2) is 26.8 Å². The third-order valence-corrected chi connectivity index (χ3v) is 4.42. The first-order chi connectivity index (χ1) is 6.76. The van der Waals surface area contributed by atoms with Crippen molar-refractivity contribution in [2.45, 2.75) is 4.90 Å². The zero-order valence-electron chi connectivity index (χ0n) is 8.16. The SMILES string of the molecule is CN(C)S(=O)(=O)c1cc(Cl)c(N)cc1Cl. The molecule has 7 heteroatoms. The summed E-state index contributed by atoms with van der Waals surface area (Å²) in [6.07, 6.45) is 0. The van der Waals surface area contributed by atoms with Crippen molar-refractivity contribution >= 4 is 38.9 Å². The fourth-order valence-electron chi connectivity index (χ4n) is 0.938. The van der Waals surface area contributed by atoms with Gasteiger partial charge in [-0.15, -0.1) is 0 Å². The van der Waals surface area contributed by atoms with Crippen molar-refractivity contribution in [1.82, 2.24) is 4.31 Å². The predicted octanol–water partition coefficient (Wildman–Crippen LogP) is 1.83. The standard InChI is InChI=1S/C8H10Cl2N2O2S/c1-12(2)15(13,14)8-4-5(9)7(11)3-6(8)10/h3-4H,11H2,1-2H3. The van der Waals surface area contributed by atoms with Crippen LogP contribution in [0.15, 0.2) is 17.0 Å². The molecule has 1 aromatic carbocycles. The zero-order valence-corrected chi connectivity index (χ0v) is 10.5. The molecule has 2 N–H and O–H groups in total. The van der Waals surface area contributed by atoms with E-state index in [-0.39, 0.29) is 20.6 Å². The fraction of sp³-hybridized carbons (Fsp3) is 0.250. The smallest absolute Gasteiger partial charge is 0.244 e. The lowest BCUT2D eigenvalue weighted by Gasteiger charge is -2.13. The summed E-state index contributed by atoms with van der Waals surface area (Å²) in [5.41, 5.74) is 5.73. The van der Waals surface area contributed by atoms with Crippen LogP contribution in [0.1, 0.15) is 0 Å². The Morgan fingerprint density at radius 1 is 1.20 bits per heavy atom. The van der Waals surface area contributed by atoms with Gasteiger partial charge in [0.05, 0.1) is 15.7 Å². The van der Waals surface area contributed by atoms with Crippen LogP contribution in [-0.2, 0) is 10.0 Å². The highest BCUT2D eigenvalue weighted by molar-refractivity contribution is 7.89. The molecular weight excluding hydrogens is 259 g/mol. The van der Waals surface area contributed by atoms with E-state index in [0.29, 0.717) is 0 Å². The molecule has 0 heterocycles. The Kier molecular flexibility index (Phi) is 3.50. The number of nitrogens with two attached hydrogens (primary N) is 1. The van der Waals surface area contributed by atoms with E-state index < -0.39 is 10.0 Å². The van der Waals surface area contributed by atoms with Crippen LogP contribution in [0, 0.1) is 0 Å². The Morgan fingerprint density at radius 2 is 1.73 bits per heavy atom. The van der Waals surface area contributed by atoms with E-state index in [2.05, 4.69) is 0 Å². The first-order valence-corrected chi connectivity index (χ1v) is 6.13. The molecule has 0 aliphatic heterocycles. The molecular formula is C8H10Cl2N2O2S. The van der Waals surface area contributed by atoms with Crippen LogP contribution >= 0.6 is 23.2 Å². The molecule has 0 aliphatic rings. The van der Waals surface area contributed by atoms with E-state index in [1.165, 1.54) is 26.2 Å². The average Bonchev–Trinajstić information content (AvgIpc) is 2.10. The van der Waals surface area contributed by atoms with Gasteiger partial charge >= 0.3 is 0 Å². The molecule has 0 radical (unpaired) electrons. The summed E-state index contributed by atoms with van der Waals surface area (Å²) < 4.78 is 24.6. The molecule has 1 aromatic rings. The Morgan fingerprint density at radius 3 is 2.20 bits per heavy atom. The molecule has 0 unspecified atom stereocenters. The normalized spacial score (nSPS) is 12.1. The lowest BCUT2D eigenvalue weighted by Crippen LogP contribution is -2.22. The van der Waals surface area contributed by atoms with E-state index in [9.17, 15) is 8.42 Å². The molecule has 0 spiro atoms. The maximum atomic E-state index is 11.8. The summed E-state index contributed by atoms with van der Waals surface area (Å²) in [4.78, 5) is -0.0478. The quantitative estimate of drug-likeness (QED) is 0.833. The molecule has 15 heavy (non-hydrogen) atoms. The molecule has 0 saturated heterocycles. The fourth-order valence-corrected chi connectivity index (χ4v) is 2.60. The molecule has 0 bridgehead atoms. The predicted molar refractivity (Wildman–Crippen MR) is 61.7 cm³/mol. The molecule has 0 saturated carbocycles. The molecule has 0 aliphatic carbocycles. The maximum Gasteiger partial charge on any atom is 0.244 e. The highest BCUT2D eigenvalue weighted by Crippen LogP contribution is 2.31. The van der Waals surface area contributed by atoms with Gasteiger partial charge in [0.25, 0.3) is 0 Å². The minimum atomic E-state index is -3.59. The Balaban J connectivity index is 3.46. The Labute approximate surface area is 98.6 Å². The number of hydrogen-bond acceptors (Lipinski definition) is 3. The van der Waals surface area contributed by atoms with Crippen LogP contribution in [0.3, 0.4) is 0 Å². The van der Waals surface area contributed by atoms with E-state index in [1.54, 1.807) is 0 Å². The van der Waals surface area contributed by atoms with E-state index in [4.69, 9.17) is 28.9 Å². The van der Waals surface area contributed by atoms with Gasteiger partial charge in [-0.3, -0.25) is 0 Å². The summed E-state index contributed by atoms with van der Waals surface area (Å²) >= 11 is 11.5. The van der Waals surface area contributed by atoms with Crippen LogP contribution in [0.25, 0.3) is 0 Å². The average molecular weight is 269 g/mol. The van der Waals surface area contributed by atoms with Gasteiger partial charge in [0.2, 0.25) is 10.0 Å². The summed E-state index contributed by atoms with van der Waals surface area (Å²) in [5.74, 6) is 0. The topological polar surface area (TPSA) is 63.4 Å². The van der Waals surface area contributed by atoms with Gasteiger partial charge in [0.15, 0.2) is 0 Å². The first kappa shape index (κ1) is 12.6. The molecule has 84 valence electrons. The van der Waals surface area contributed by atoms with Crippen molar-refractivity contribution in [3.05, 3.63) is 22.2 Å². The summed E-state index contributed by atoms with van der Waals surface area (Å²) in [7, 11) is -0.760. The number of nitrogen functional groups attached to an aromatic ring is 1. The second kappa shape index (κ2) is 4.17. The van der Waals surface area contributed by atoms with Crippen LogP contribution < -0.4 is 5.73 Å². The van der Waals surface area contributed by atoms with Crippen molar-refractivity contribution in [2.75, 3.05) is 19.8 Å². The van der Waals surface area contributed by atoms with Crippen LogP contribution in [0.5, 0.6) is 0 Å². The number of benzene rings is 1. The molecule has 0 aromatic heterocycles. The minimum Gasteiger partial charge on any atom is -0.397 e. The number of halogens is 2. The monoisotopic (exact) mass is 268 g/mol. The maximum absolute atomic E-state index is 11.8. The molecule has 4 nitrogen and oxygen atoms in total. The summed E-state index contributed by atoms with van der Waals surface area (Å²) in [6.45, 7) is 0. The molecule has 0 amide bonds. The van der Waals surface area contributed by atoms with E-state index >= 15 is 0 Å². The van der Waals surface area contributed by atoms with Crippen molar-refractivity contribution in [3.63, 3.8) is 0 Å². The zero-order chi connectivity index (χ0) is 11.8. The van der Waals surface area contributed by atoms with Crippen LogP contribution in [0.2, 0.25) is 10.0 Å². The van der Waals surface area contributed by atoms with Gasteiger partial charge in [0, 0.05) is 14.1 Å². The van der Waals surface area contributed by atoms with Gasteiger partial charge in [0.1, 0.15) is 4.90 Å². The van der Waals surface area contributed by atoms with Gasteiger partial charge in [-0.2, -0.15) is 0 Å². The third kappa shape index (κ3) is 2.36.